The van der Waals surface area contributed by atoms with Crippen LogP contribution in [0.5, 0.6) is 0 Å². The van der Waals surface area contributed by atoms with Crippen LogP contribution in [0.1, 0.15) is 28.5 Å². The van der Waals surface area contributed by atoms with Crippen LogP contribution in [-0.4, -0.2) is 30.2 Å². The maximum Gasteiger partial charge on any atom is 0.357 e. The molecule has 1 aromatic carbocycles. The first kappa shape index (κ1) is 17.1. The molecule has 0 aliphatic carbocycles. The summed E-state index contributed by atoms with van der Waals surface area (Å²) >= 11 is 0. The van der Waals surface area contributed by atoms with E-state index in [1.54, 1.807) is 31.2 Å². The van der Waals surface area contributed by atoms with Crippen LogP contribution in [-0.2, 0) is 20.7 Å². The normalized spacial score (nSPS) is 10.0. The van der Waals surface area contributed by atoms with Gasteiger partial charge in [0.15, 0.2) is 5.69 Å². The van der Waals surface area contributed by atoms with Crippen molar-refractivity contribution in [1.82, 2.24) is 4.57 Å². The molecule has 7 heteroatoms. The van der Waals surface area contributed by atoms with E-state index in [1.807, 2.05) is 6.07 Å². The summed E-state index contributed by atoms with van der Waals surface area (Å²) in [6, 6.07) is 8.88. The summed E-state index contributed by atoms with van der Waals surface area (Å²) < 4.78 is 11.1. The minimum absolute atomic E-state index is 0.0694. The van der Waals surface area contributed by atoms with Gasteiger partial charge in [0.1, 0.15) is 6.07 Å². The number of benzene rings is 1. The Labute approximate surface area is 139 Å². The van der Waals surface area contributed by atoms with Crippen LogP contribution >= 0.6 is 0 Å². The lowest BCUT2D eigenvalue weighted by atomic mass is 10.1. The molecule has 1 heterocycles. The monoisotopic (exact) mass is 327 g/mol. The van der Waals surface area contributed by atoms with Crippen molar-refractivity contribution in [3.05, 3.63) is 47.3 Å². The highest BCUT2D eigenvalue weighted by Gasteiger charge is 2.21. The van der Waals surface area contributed by atoms with Crippen molar-refractivity contribution >= 4 is 17.6 Å². The summed E-state index contributed by atoms with van der Waals surface area (Å²) in [6.07, 6.45) is 1.64. The van der Waals surface area contributed by atoms with E-state index in [2.05, 4.69) is 0 Å². The summed E-state index contributed by atoms with van der Waals surface area (Å²) in [5.41, 5.74) is 7.59. The van der Waals surface area contributed by atoms with E-state index in [0.29, 0.717) is 12.3 Å². The minimum Gasteiger partial charge on any atom is -0.466 e. The van der Waals surface area contributed by atoms with E-state index in [-0.39, 0.29) is 29.3 Å². The van der Waals surface area contributed by atoms with Gasteiger partial charge < -0.3 is 19.8 Å². The van der Waals surface area contributed by atoms with Gasteiger partial charge >= 0.3 is 11.9 Å². The molecule has 2 aromatic rings. The van der Waals surface area contributed by atoms with Crippen LogP contribution in [0.25, 0.3) is 5.69 Å². The number of hydrogen-bond acceptors (Lipinski definition) is 6. The molecule has 0 amide bonds. The third-order valence-corrected chi connectivity index (χ3v) is 3.41. The lowest BCUT2D eigenvalue weighted by Crippen LogP contribution is -2.11. The number of aromatic nitrogens is 1. The molecule has 0 atom stereocenters. The summed E-state index contributed by atoms with van der Waals surface area (Å²) in [5, 5.41) is 9.10. The fourth-order valence-corrected chi connectivity index (χ4v) is 2.27. The predicted octanol–water partition coefficient (Wildman–Crippen LogP) is 1.82. The third-order valence-electron chi connectivity index (χ3n) is 3.41. The molecular formula is C17H17N3O4. The van der Waals surface area contributed by atoms with E-state index >= 15 is 0 Å². The van der Waals surface area contributed by atoms with Crippen molar-refractivity contribution in [3.8, 4) is 11.8 Å². The zero-order valence-electron chi connectivity index (χ0n) is 13.4. The maximum absolute atomic E-state index is 11.9. The van der Waals surface area contributed by atoms with Gasteiger partial charge in [0.25, 0.3) is 0 Å². The van der Waals surface area contributed by atoms with Gasteiger partial charge in [0.2, 0.25) is 0 Å². The Morgan fingerprint density at radius 1 is 1.29 bits per heavy atom. The van der Waals surface area contributed by atoms with Crippen molar-refractivity contribution in [2.75, 3.05) is 19.5 Å². The number of nitriles is 1. The van der Waals surface area contributed by atoms with Crippen LogP contribution in [0.4, 0.5) is 5.69 Å². The molecule has 0 aliphatic heterocycles. The number of nitrogen functional groups attached to an aromatic ring is 1. The Morgan fingerprint density at radius 3 is 2.50 bits per heavy atom. The Hall–Kier alpha value is -3.27. The standard InChI is InChI=1S/C17H17N3O4/c1-3-24-14(21)8-11-4-6-13(7-5-11)20-10-12(9-18)15(19)16(20)17(22)23-2/h4-7,10H,3,8,19H2,1-2H3. The van der Waals surface area contributed by atoms with E-state index in [4.69, 9.17) is 20.5 Å². The quantitative estimate of drug-likeness (QED) is 0.839. The van der Waals surface area contributed by atoms with Gasteiger partial charge in [-0.3, -0.25) is 4.79 Å². The molecule has 2 rings (SSSR count). The Bertz CT molecular complexity index is 800. The number of rotatable bonds is 5. The molecule has 0 spiro atoms. The molecule has 0 bridgehead atoms. The lowest BCUT2D eigenvalue weighted by Gasteiger charge is -2.09. The van der Waals surface area contributed by atoms with Gasteiger partial charge in [-0.1, -0.05) is 12.1 Å². The first-order valence-corrected chi connectivity index (χ1v) is 7.26. The summed E-state index contributed by atoms with van der Waals surface area (Å²) in [7, 11) is 1.24. The predicted molar refractivity (Wildman–Crippen MR) is 86.6 cm³/mol. The number of nitrogens with two attached hydrogens (primary N) is 1. The second kappa shape index (κ2) is 7.33. The van der Waals surface area contributed by atoms with Crippen molar-refractivity contribution in [2.45, 2.75) is 13.3 Å². The Balaban J connectivity index is 2.37. The zero-order valence-corrected chi connectivity index (χ0v) is 13.4. The van der Waals surface area contributed by atoms with Crippen molar-refractivity contribution in [3.63, 3.8) is 0 Å². The summed E-state index contributed by atoms with van der Waals surface area (Å²) in [6.45, 7) is 2.08. The minimum atomic E-state index is -0.635. The van der Waals surface area contributed by atoms with Gasteiger partial charge in [-0.05, 0) is 24.6 Å². The fourth-order valence-electron chi connectivity index (χ4n) is 2.27. The highest BCUT2D eigenvalue weighted by atomic mass is 16.5. The molecule has 0 aliphatic rings. The number of nitrogens with zero attached hydrogens (tertiary/aromatic N) is 2. The average molecular weight is 327 g/mol. The number of ether oxygens (including phenoxy) is 2. The number of esters is 2. The van der Waals surface area contributed by atoms with Gasteiger partial charge in [0.05, 0.1) is 31.4 Å². The van der Waals surface area contributed by atoms with Gasteiger partial charge in [-0.15, -0.1) is 0 Å². The van der Waals surface area contributed by atoms with E-state index in [0.717, 1.165) is 5.56 Å². The molecule has 0 radical (unpaired) electrons. The molecule has 24 heavy (non-hydrogen) atoms. The molecule has 0 saturated carbocycles. The largest absolute Gasteiger partial charge is 0.466 e. The zero-order chi connectivity index (χ0) is 17.7. The number of methoxy groups -OCH3 is 1. The highest BCUT2D eigenvalue weighted by Crippen LogP contribution is 2.24. The molecule has 2 N–H and O–H groups in total. The third kappa shape index (κ3) is 3.38. The van der Waals surface area contributed by atoms with Crippen LogP contribution in [0.15, 0.2) is 30.5 Å². The van der Waals surface area contributed by atoms with Gasteiger partial charge in [0, 0.05) is 11.9 Å². The van der Waals surface area contributed by atoms with Crippen LogP contribution in [0.3, 0.4) is 0 Å². The average Bonchev–Trinajstić information content (AvgIpc) is 2.91. The van der Waals surface area contributed by atoms with Crippen LogP contribution < -0.4 is 5.73 Å². The molecule has 0 saturated heterocycles. The second-order valence-corrected chi connectivity index (χ2v) is 4.93. The second-order valence-electron chi connectivity index (χ2n) is 4.93. The number of carbonyl (C=O) groups excluding carboxylic acids is 2. The highest BCUT2D eigenvalue weighted by molar-refractivity contribution is 5.95. The van der Waals surface area contributed by atoms with Gasteiger partial charge in [-0.2, -0.15) is 5.26 Å². The molecule has 0 fully saturated rings. The van der Waals surface area contributed by atoms with E-state index in [1.165, 1.54) is 17.9 Å². The van der Waals surface area contributed by atoms with Crippen molar-refractivity contribution < 1.29 is 19.1 Å². The summed E-state index contributed by atoms with van der Waals surface area (Å²) in [5.74, 6) is -0.943. The molecular weight excluding hydrogens is 310 g/mol. The number of hydrogen-bond donors (Lipinski definition) is 1. The Morgan fingerprint density at radius 2 is 1.96 bits per heavy atom. The smallest absolute Gasteiger partial charge is 0.357 e. The van der Waals surface area contributed by atoms with Crippen molar-refractivity contribution in [1.29, 1.82) is 5.26 Å². The fraction of sp³-hybridized carbons (Fsp3) is 0.235. The molecule has 1 aromatic heterocycles. The lowest BCUT2D eigenvalue weighted by molar-refractivity contribution is -0.142. The topological polar surface area (TPSA) is 107 Å². The molecule has 0 unspecified atom stereocenters. The SMILES string of the molecule is CCOC(=O)Cc1ccc(-n2cc(C#N)c(N)c2C(=O)OC)cc1. The van der Waals surface area contributed by atoms with Crippen LogP contribution in [0.2, 0.25) is 0 Å². The first-order valence-electron chi connectivity index (χ1n) is 7.26. The molecule has 7 nitrogen and oxygen atoms in total. The van der Waals surface area contributed by atoms with Crippen LogP contribution in [0, 0.1) is 11.3 Å². The molecule has 124 valence electrons. The maximum atomic E-state index is 11.9. The van der Waals surface area contributed by atoms with E-state index < -0.39 is 5.97 Å². The number of carbonyl (C=O) groups is 2. The Kier molecular flexibility index (Phi) is 5.22. The van der Waals surface area contributed by atoms with Gasteiger partial charge in [-0.25, -0.2) is 4.79 Å². The summed E-state index contributed by atoms with van der Waals surface area (Å²) in [4.78, 5) is 23.4. The first-order chi connectivity index (χ1) is 11.5. The number of anilines is 1. The van der Waals surface area contributed by atoms with Crippen molar-refractivity contribution in [2.24, 2.45) is 0 Å². The van der Waals surface area contributed by atoms with E-state index in [9.17, 15) is 9.59 Å².